The number of aromatic nitrogens is 2. The number of aryl methyl sites for hydroxylation is 2. The molecule has 1 aromatic heterocycles. The van der Waals surface area contributed by atoms with Gasteiger partial charge in [0.15, 0.2) is 0 Å². The maximum absolute atomic E-state index is 13.6. The van der Waals surface area contributed by atoms with Crippen LogP contribution in [0.1, 0.15) is 29.6 Å². The number of nitrogens with one attached hydrogen (secondary N) is 1. The molecule has 1 aromatic carbocycles. The topological polar surface area (TPSA) is 58.2 Å². The minimum atomic E-state index is -0.258. The van der Waals surface area contributed by atoms with Crippen LogP contribution in [0.3, 0.4) is 0 Å². The van der Waals surface area contributed by atoms with Gasteiger partial charge in [0.25, 0.3) is 0 Å². The predicted octanol–water partition coefficient (Wildman–Crippen LogP) is 2.39. The first-order valence-corrected chi connectivity index (χ1v) is 7.78. The van der Waals surface area contributed by atoms with E-state index in [1.807, 2.05) is 6.92 Å². The van der Waals surface area contributed by atoms with Gasteiger partial charge in [-0.2, -0.15) is 0 Å². The summed E-state index contributed by atoms with van der Waals surface area (Å²) in [5.74, 6) is 0.505. The molecule has 6 heteroatoms. The Morgan fingerprint density at radius 3 is 3.04 bits per heavy atom. The number of amides is 1. The molecule has 2 heterocycles. The number of aromatic amines is 1. The van der Waals surface area contributed by atoms with Gasteiger partial charge in [-0.05, 0) is 25.0 Å². The smallest absolute Gasteiger partial charge is 0.223 e. The second-order valence-corrected chi connectivity index (χ2v) is 5.74. The molecule has 122 valence electrons. The average Bonchev–Trinajstić information content (AvgIpc) is 3.00. The lowest BCUT2D eigenvalue weighted by molar-refractivity contribution is -0.139. The number of rotatable bonds is 4. The van der Waals surface area contributed by atoms with Crippen LogP contribution in [0.15, 0.2) is 30.5 Å². The Balaban J connectivity index is 1.58. The van der Waals surface area contributed by atoms with Crippen molar-refractivity contribution in [1.29, 1.82) is 0 Å². The Labute approximate surface area is 134 Å². The molecule has 1 unspecified atom stereocenters. The SMILES string of the molecule is Cc1cnc(C2CN(C(=O)CCc3ccccc3F)CCO2)[nH]1. The average molecular weight is 317 g/mol. The fraction of sp³-hybridized carbons (Fsp3) is 0.412. The molecule has 1 N–H and O–H groups in total. The number of halogens is 1. The van der Waals surface area contributed by atoms with Crippen molar-refractivity contribution >= 4 is 5.91 Å². The lowest BCUT2D eigenvalue weighted by Gasteiger charge is -2.32. The fourth-order valence-corrected chi connectivity index (χ4v) is 2.74. The largest absolute Gasteiger partial charge is 0.367 e. The molecule has 0 bridgehead atoms. The Kier molecular flexibility index (Phi) is 4.71. The highest BCUT2D eigenvalue weighted by molar-refractivity contribution is 5.76. The van der Waals surface area contributed by atoms with Crippen LogP contribution in [-0.2, 0) is 16.0 Å². The first kappa shape index (κ1) is 15.7. The molecule has 2 aromatic rings. The summed E-state index contributed by atoms with van der Waals surface area (Å²) in [7, 11) is 0. The van der Waals surface area contributed by atoms with E-state index in [0.29, 0.717) is 38.1 Å². The number of carbonyl (C=O) groups is 1. The van der Waals surface area contributed by atoms with E-state index in [1.165, 1.54) is 6.07 Å². The summed E-state index contributed by atoms with van der Waals surface area (Å²) in [6.45, 7) is 3.45. The summed E-state index contributed by atoms with van der Waals surface area (Å²) in [6.07, 6.45) is 2.23. The molecule has 1 saturated heterocycles. The van der Waals surface area contributed by atoms with Crippen molar-refractivity contribution in [3.05, 3.63) is 53.4 Å². The summed E-state index contributed by atoms with van der Waals surface area (Å²) in [6, 6.07) is 6.58. The summed E-state index contributed by atoms with van der Waals surface area (Å²) in [4.78, 5) is 21.6. The Morgan fingerprint density at radius 2 is 2.30 bits per heavy atom. The fourth-order valence-electron chi connectivity index (χ4n) is 2.74. The molecule has 1 atom stereocenters. The van der Waals surface area contributed by atoms with Crippen LogP contribution >= 0.6 is 0 Å². The molecule has 23 heavy (non-hydrogen) atoms. The van der Waals surface area contributed by atoms with E-state index in [0.717, 1.165) is 11.5 Å². The monoisotopic (exact) mass is 317 g/mol. The zero-order valence-electron chi connectivity index (χ0n) is 13.1. The number of benzene rings is 1. The second-order valence-electron chi connectivity index (χ2n) is 5.74. The number of imidazole rings is 1. The third-order valence-electron chi connectivity index (χ3n) is 4.01. The molecule has 1 aliphatic heterocycles. The summed E-state index contributed by atoms with van der Waals surface area (Å²) >= 11 is 0. The summed E-state index contributed by atoms with van der Waals surface area (Å²) in [5, 5.41) is 0. The minimum Gasteiger partial charge on any atom is -0.367 e. The van der Waals surface area contributed by atoms with Crippen molar-refractivity contribution < 1.29 is 13.9 Å². The van der Waals surface area contributed by atoms with Crippen molar-refractivity contribution in [3.8, 4) is 0 Å². The van der Waals surface area contributed by atoms with Crippen LogP contribution in [0.5, 0.6) is 0 Å². The molecule has 5 nitrogen and oxygen atoms in total. The van der Waals surface area contributed by atoms with Crippen molar-refractivity contribution in [2.24, 2.45) is 0 Å². The van der Waals surface area contributed by atoms with Gasteiger partial charge in [0, 0.05) is 24.9 Å². The van der Waals surface area contributed by atoms with Gasteiger partial charge < -0.3 is 14.6 Å². The van der Waals surface area contributed by atoms with E-state index in [9.17, 15) is 9.18 Å². The van der Waals surface area contributed by atoms with Gasteiger partial charge in [-0.25, -0.2) is 9.37 Å². The lowest BCUT2D eigenvalue weighted by Crippen LogP contribution is -2.42. The van der Waals surface area contributed by atoms with Gasteiger partial charge in [-0.3, -0.25) is 4.79 Å². The molecule has 3 rings (SSSR count). The van der Waals surface area contributed by atoms with E-state index < -0.39 is 0 Å². The first-order chi connectivity index (χ1) is 11.1. The van der Waals surface area contributed by atoms with Gasteiger partial charge in [0.2, 0.25) is 5.91 Å². The van der Waals surface area contributed by atoms with E-state index in [-0.39, 0.29) is 17.8 Å². The van der Waals surface area contributed by atoms with Crippen LogP contribution in [0.2, 0.25) is 0 Å². The number of hydrogen-bond donors (Lipinski definition) is 1. The van der Waals surface area contributed by atoms with Gasteiger partial charge >= 0.3 is 0 Å². The highest BCUT2D eigenvalue weighted by Crippen LogP contribution is 2.20. The maximum atomic E-state index is 13.6. The molecule has 1 amide bonds. The third-order valence-corrected chi connectivity index (χ3v) is 4.01. The standard InChI is InChI=1S/C17H20FN3O2/c1-12-10-19-17(20-12)15-11-21(8-9-23-15)16(22)7-6-13-4-2-3-5-14(13)18/h2-5,10,15H,6-9,11H2,1H3,(H,19,20). The van der Waals surface area contributed by atoms with Crippen molar-refractivity contribution in [3.63, 3.8) is 0 Å². The Bertz CT molecular complexity index is 686. The van der Waals surface area contributed by atoms with E-state index in [4.69, 9.17) is 4.74 Å². The Morgan fingerprint density at radius 1 is 1.48 bits per heavy atom. The number of morpholine rings is 1. The van der Waals surface area contributed by atoms with Crippen molar-refractivity contribution in [2.45, 2.75) is 25.9 Å². The summed E-state index contributed by atoms with van der Waals surface area (Å²) < 4.78 is 19.3. The summed E-state index contributed by atoms with van der Waals surface area (Å²) in [5.41, 5.74) is 1.54. The molecule has 0 aliphatic carbocycles. The van der Waals surface area contributed by atoms with Crippen LogP contribution in [0.4, 0.5) is 4.39 Å². The third kappa shape index (κ3) is 3.76. The molecule has 1 aliphatic rings. The van der Waals surface area contributed by atoms with Crippen molar-refractivity contribution in [1.82, 2.24) is 14.9 Å². The number of hydrogen-bond acceptors (Lipinski definition) is 3. The van der Waals surface area contributed by atoms with Gasteiger partial charge in [-0.1, -0.05) is 18.2 Å². The van der Waals surface area contributed by atoms with Crippen molar-refractivity contribution in [2.75, 3.05) is 19.7 Å². The quantitative estimate of drug-likeness (QED) is 0.942. The van der Waals surface area contributed by atoms with Gasteiger partial charge in [0.05, 0.1) is 13.2 Å². The highest BCUT2D eigenvalue weighted by Gasteiger charge is 2.26. The van der Waals surface area contributed by atoms with Crippen LogP contribution in [-0.4, -0.2) is 40.5 Å². The zero-order chi connectivity index (χ0) is 16.2. The highest BCUT2D eigenvalue weighted by atomic mass is 19.1. The predicted molar refractivity (Wildman–Crippen MR) is 83.3 cm³/mol. The van der Waals surface area contributed by atoms with Gasteiger partial charge in [-0.15, -0.1) is 0 Å². The first-order valence-electron chi connectivity index (χ1n) is 7.78. The normalized spacial score (nSPS) is 18.2. The zero-order valence-corrected chi connectivity index (χ0v) is 13.1. The van der Waals surface area contributed by atoms with Crippen LogP contribution in [0.25, 0.3) is 0 Å². The molecule has 0 saturated carbocycles. The molecule has 0 radical (unpaired) electrons. The molecular formula is C17H20FN3O2. The van der Waals surface area contributed by atoms with E-state index in [2.05, 4.69) is 9.97 Å². The number of nitrogens with zero attached hydrogens (tertiary/aromatic N) is 2. The van der Waals surface area contributed by atoms with Gasteiger partial charge in [0.1, 0.15) is 17.7 Å². The Hall–Kier alpha value is -2.21. The van der Waals surface area contributed by atoms with E-state index >= 15 is 0 Å². The molecule has 0 spiro atoms. The number of H-pyrrole nitrogens is 1. The second kappa shape index (κ2) is 6.91. The lowest BCUT2D eigenvalue weighted by atomic mass is 10.1. The minimum absolute atomic E-state index is 0.0184. The molecular weight excluding hydrogens is 297 g/mol. The maximum Gasteiger partial charge on any atom is 0.223 e. The molecule has 1 fully saturated rings. The number of ether oxygens (including phenoxy) is 1. The number of carbonyl (C=O) groups excluding carboxylic acids is 1. The van der Waals surface area contributed by atoms with E-state index in [1.54, 1.807) is 29.3 Å². The van der Waals surface area contributed by atoms with Crippen LogP contribution in [0, 0.1) is 12.7 Å². The van der Waals surface area contributed by atoms with Crippen LogP contribution < -0.4 is 0 Å².